The summed E-state index contributed by atoms with van der Waals surface area (Å²) >= 11 is 1.64. The molecule has 0 saturated heterocycles. The predicted octanol–water partition coefficient (Wildman–Crippen LogP) is 3.64. The van der Waals surface area contributed by atoms with Gasteiger partial charge in [0.2, 0.25) is 0 Å². The average molecular weight is 362 g/mol. The quantitative estimate of drug-likeness (QED) is 0.764. The van der Waals surface area contributed by atoms with E-state index < -0.39 is 6.10 Å². The summed E-state index contributed by atoms with van der Waals surface area (Å²) in [6.45, 7) is 9.15. The number of amides is 1. The zero-order chi connectivity index (χ0) is 18.4. The number of carbonyl (C=O) groups is 1. The van der Waals surface area contributed by atoms with Gasteiger partial charge in [0.1, 0.15) is 10.8 Å². The Morgan fingerprint density at radius 1 is 1.28 bits per heavy atom. The summed E-state index contributed by atoms with van der Waals surface area (Å²) in [4.78, 5) is 16.6. The van der Waals surface area contributed by atoms with Crippen molar-refractivity contribution >= 4 is 17.2 Å². The Morgan fingerprint density at radius 3 is 2.52 bits per heavy atom. The highest BCUT2D eigenvalue weighted by Crippen LogP contribution is 2.30. The van der Waals surface area contributed by atoms with E-state index in [0.717, 1.165) is 16.3 Å². The lowest BCUT2D eigenvalue weighted by Crippen LogP contribution is -2.37. The number of carbonyl (C=O) groups excluding carboxylic acids is 1. The van der Waals surface area contributed by atoms with E-state index in [4.69, 9.17) is 14.5 Å². The Balaban J connectivity index is 1.98. The third kappa shape index (κ3) is 5.54. The van der Waals surface area contributed by atoms with Crippen LogP contribution in [0.4, 0.5) is 0 Å². The van der Waals surface area contributed by atoms with Gasteiger partial charge in [-0.05, 0) is 31.2 Å². The zero-order valence-corrected chi connectivity index (χ0v) is 16.3. The fourth-order valence-corrected chi connectivity index (χ4v) is 3.16. The first-order valence-corrected chi connectivity index (χ1v) is 9.19. The van der Waals surface area contributed by atoms with Gasteiger partial charge in [-0.3, -0.25) is 4.79 Å². The summed E-state index contributed by atoms with van der Waals surface area (Å²) in [6.07, 6.45) is -0.560. The van der Waals surface area contributed by atoms with Gasteiger partial charge in [-0.1, -0.05) is 20.8 Å². The largest absolute Gasteiger partial charge is 0.481 e. The lowest BCUT2D eigenvalue weighted by atomic mass is 9.93. The maximum Gasteiger partial charge on any atom is 0.260 e. The molecule has 1 amide bonds. The van der Waals surface area contributed by atoms with Crippen molar-refractivity contribution in [2.24, 2.45) is 0 Å². The zero-order valence-electron chi connectivity index (χ0n) is 15.5. The van der Waals surface area contributed by atoms with Crippen LogP contribution in [-0.4, -0.2) is 37.3 Å². The molecule has 25 heavy (non-hydrogen) atoms. The molecule has 1 aromatic heterocycles. The molecule has 0 fully saturated rings. The lowest BCUT2D eigenvalue weighted by molar-refractivity contribution is -0.127. The van der Waals surface area contributed by atoms with Crippen molar-refractivity contribution in [3.63, 3.8) is 0 Å². The normalized spacial score (nSPS) is 12.7. The van der Waals surface area contributed by atoms with E-state index in [1.165, 1.54) is 0 Å². The van der Waals surface area contributed by atoms with Crippen molar-refractivity contribution in [2.75, 3.05) is 20.3 Å². The minimum atomic E-state index is -0.560. The number of thiazole rings is 1. The molecule has 2 rings (SSSR count). The number of aromatic nitrogens is 1. The van der Waals surface area contributed by atoms with Gasteiger partial charge in [0.15, 0.2) is 6.10 Å². The van der Waals surface area contributed by atoms with Gasteiger partial charge in [0, 0.05) is 30.0 Å². The van der Waals surface area contributed by atoms with Crippen LogP contribution >= 0.6 is 11.3 Å². The van der Waals surface area contributed by atoms with Crippen molar-refractivity contribution < 1.29 is 14.3 Å². The van der Waals surface area contributed by atoms with Crippen molar-refractivity contribution in [3.8, 4) is 16.3 Å². The first-order valence-electron chi connectivity index (χ1n) is 8.31. The predicted molar refractivity (Wildman–Crippen MR) is 101 cm³/mol. The van der Waals surface area contributed by atoms with Gasteiger partial charge in [-0.2, -0.15) is 0 Å². The van der Waals surface area contributed by atoms with Crippen LogP contribution < -0.4 is 10.1 Å². The summed E-state index contributed by atoms with van der Waals surface area (Å²) in [6, 6.07) is 7.67. The molecule has 0 spiro atoms. The fraction of sp³-hybridized carbons (Fsp3) is 0.474. The molecule has 136 valence electrons. The Hall–Kier alpha value is -1.92. The molecular formula is C19H26N2O3S. The van der Waals surface area contributed by atoms with E-state index in [0.29, 0.717) is 18.9 Å². The van der Waals surface area contributed by atoms with E-state index >= 15 is 0 Å². The Labute approximate surface area is 153 Å². The first kappa shape index (κ1) is 19.4. The number of hydrogen-bond acceptors (Lipinski definition) is 5. The minimum absolute atomic E-state index is 0.0451. The number of methoxy groups -OCH3 is 1. The van der Waals surface area contributed by atoms with E-state index in [1.807, 2.05) is 24.3 Å². The van der Waals surface area contributed by atoms with Crippen molar-refractivity contribution in [1.82, 2.24) is 10.3 Å². The highest BCUT2D eigenvalue weighted by atomic mass is 32.1. The monoisotopic (exact) mass is 362 g/mol. The van der Waals surface area contributed by atoms with Crippen LogP contribution in [0.2, 0.25) is 0 Å². The molecule has 2 aromatic rings. The van der Waals surface area contributed by atoms with E-state index in [2.05, 4.69) is 31.5 Å². The van der Waals surface area contributed by atoms with Gasteiger partial charge < -0.3 is 14.8 Å². The summed E-state index contributed by atoms with van der Waals surface area (Å²) in [5, 5.41) is 5.85. The lowest BCUT2D eigenvalue weighted by Gasteiger charge is -2.15. The minimum Gasteiger partial charge on any atom is -0.481 e. The third-order valence-electron chi connectivity index (χ3n) is 3.66. The molecule has 0 aliphatic rings. The standard InChI is InChI=1S/C19H26N2O3S/c1-13(17(22)20-10-11-23-5)24-15-8-6-14(7-9-15)18-21-16(12-25-18)19(2,3)4/h6-9,12-13H,10-11H2,1-5H3,(H,20,22)/t13-/m1/s1. The molecule has 1 N–H and O–H groups in total. The van der Waals surface area contributed by atoms with E-state index in [1.54, 1.807) is 25.4 Å². The van der Waals surface area contributed by atoms with Gasteiger partial charge >= 0.3 is 0 Å². The summed E-state index contributed by atoms with van der Waals surface area (Å²) in [5.41, 5.74) is 2.18. The number of nitrogens with one attached hydrogen (secondary N) is 1. The van der Waals surface area contributed by atoms with Crippen LogP contribution in [0.5, 0.6) is 5.75 Å². The van der Waals surface area contributed by atoms with Crippen molar-refractivity contribution in [3.05, 3.63) is 35.3 Å². The number of ether oxygens (including phenoxy) is 2. The second-order valence-electron chi connectivity index (χ2n) is 6.86. The Bertz CT molecular complexity index is 689. The third-order valence-corrected chi connectivity index (χ3v) is 4.55. The molecule has 1 atom stereocenters. The highest BCUT2D eigenvalue weighted by molar-refractivity contribution is 7.13. The molecule has 0 saturated carbocycles. The van der Waals surface area contributed by atoms with Gasteiger partial charge in [0.25, 0.3) is 5.91 Å². The number of hydrogen-bond donors (Lipinski definition) is 1. The Kier molecular flexibility index (Phi) is 6.56. The van der Waals surface area contributed by atoms with Gasteiger partial charge in [-0.15, -0.1) is 11.3 Å². The topological polar surface area (TPSA) is 60.5 Å². The van der Waals surface area contributed by atoms with E-state index in [9.17, 15) is 4.79 Å². The molecule has 0 unspecified atom stereocenters. The molecule has 0 radical (unpaired) electrons. The summed E-state index contributed by atoms with van der Waals surface area (Å²) in [7, 11) is 1.60. The van der Waals surface area contributed by atoms with Crippen molar-refractivity contribution in [1.29, 1.82) is 0 Å². The molecule has 0 aliphatic carbocycles. The van der Waals surface area contributed by atoms with Crippen LogP contribution in [0.25, 0.3) is 10.6 Å². The fourth-order valence-electron chi connectivity index (χ4n) is 2.10. The summed E-state index contributed by atoms with van der Waals surface area (Å²) in [5.74, 6) is 0.501. The summed E-state index contributed by atoms with van der Waals surface area (Å²) < 4.78 is 10.6. The van der Waals surface area contributed by atoms with Crippen LogP contribution in [0.3, 0.4) is 0 Å². The molecule has 1 aromatic carbocycles. The average Bonchev–Trinajstić information content (AvgIpc) is 3.06. The maximum atomic E-state index is 11.9. The Morgan fingerprint density at radius 2 is 1.96 bits per heavy atom. The van der Waals surface area contributed by atoms with Crippen LogP contribution in [0.15, 0.2) is 29.6 Å². The molecule has 5 nitrogen and oxygen atoms in total. The maximum absolute atomic E-state index is 11.9. The van der Waals surface area contributed by atoms with E-state index in [-0.39, 0.29) is 11.3 Å². The number of benzene rings is 1. The molecule has 6 heteroatoms. The van der Waals surface area contributed by atoms with Crippen molar-refractivity contribution in [2.45, 2.75) is 39.2 Å². The second kappa shape index (κ2) is 8.45. The van der Waals surface area contributed by atoms with Crippen LogP contribution in [-0.2, 0) is 14.9 Å². The number of rotatable bonds is 7. The first-order chi connectivity index (χ1) is 11.8. The number of nitrogens with zero attached hydrogens (tertiary/aromatic N) is 1. The van der Waals surface area contributed by atoms with Gasteiger partial charge in [-0.25, -0.2) is 4.98 Å². The van der Waals surface area contributed by atoms with Crippen LogP contribution in [0, 0.1) is 0 Å². The molecular weight excluding hydrogens is 336 g/mol. The molecule has 0 bridgehead atoms. The smallest absolute Gasteiger partial charge is 0.260 e. The molecule has 0 aliphatic heterocycles. The SMILES string of the molecule is COCCNC(=O)[C@@H](C)Oc1ccc(-c2nc(C(C)(C)C)cs2)cc1. The van der Waals surface area contributed by atoms with Gasteiger partial charge in [0.05, 0.1) is 12.3 Å². The highest BCUT2D eigenvalue weighted by Gasteiger charge is 2.18. The second-order valence-corrected chi connectivity index (χ2v) is 7.71. The van der Waals surface area contributed by atoms with Crippen LogP contribution in [0.1, 0.15) is 33.4 Å². The molecule has 1 heterocycles.